The molecule has 0 aliphatic carbocycles. The minimum absolute atomic E-state index is 0.0839. The molecule has 1 aromatic carbocycles. The van der Waals surface area contributed by atoms with Crippen molar-refractivity contribution in [2.24, 2.45) is 5.92 Å². The molecule has 2 unspecified atom stereocenters. The number of hydrogen-bond acceptors (Lipinski definition) is 2. The van der Waals surface area contributed by atoms with Crippen molar-refractivity contribution in [3.63, 3.8) is 0 Å². The molecule has 2 amide bonds. The molecule has 92 valence electrons. The first kappa shape index (κ1) is 11.9. The second kappa shape index (κ2) is 5.19. The molecule has 2 rings (SSSR count). The maximum absolute atomic E-state index is 11.9. The van der Waals surface area contributed by atoms with Gasteiger partial charge in [0.05, 0.1) is 6.10 Å². The van der Waals surface area contributed by atoms with E-state index in [-0.39, 0.29) is 18.1 Å². The van der Waals surface area contributed by atoms with Crippen LogP contribution in [0.25, 0.3) is 0 Å². The summed E-state index contributed by atoms with van der Waals surface area (Å²) in [7, 11) is 0. The molecule has 1 aliphatic rings. The molecule has 0 bridgehead atoms. The number of benzene rings is 1. The van der Waals surface area contributed by atoms with Crippen molar-refractivity contribution >= 4 is 11.7 Å². The Morgan fingerprint density at radius 2 is 2.18 bits per heavy atom. The Hall–Kier alpha value is -1.55. The van der Waals surface area contributed by atoms with Crippen LogP contribution in [0.3, 0.4) is 0 Å². The van der Waals surface area contributed by atoms with E-state index in [0.717, 1.165) is 12.1 Å². The number of carbonyl (C=O) groups excluding carboxylic acids is 1. The Bertz CT molecular complexity index is 378. The fourth-order valence-corrected chi connectivity index (χ4v) is 2.09. The van der Waals surface area contributed by atoms with E-state index < -0.39 is 0 Å². The van der Waals surface area contributed by atoms with Crippen LogP contribution in [0.2, 0.25) is 0 Å². The predicted molar refractivity (Wildman–Crippen MR) is 66.8 cm³/mol. The van der Waals surface area contributed by atoms with Crippen molar-refractivity contribution in [3.05, 3.63) is 30.3 Å². The summed E-state index contributed by atoms with van der Waals surface area (Å²) >= 11 is 0. The topological polar surface area (TPSA) is 52.6 Å². The molecule has 2 atom stereocenters. The third-order valence-corrected chi connectivity index (χ3v) is 3.22. The second-order valence-electron chi connectivity index (χ2n) is 4.53. The van der Waals surface area contributed by atoms with Crippen LogP contribution in [0.4, 0.5) is 10.5 Å². The maximum atomic E-state index is 11.9. The minimum atomic E-state index is -0.343. The van der Waals surface area contributed by atoms with E-state index in [4.69, 9.17) is 0 Å². The molecule has 1 fully saturated rings. The van der Waals surface area contributed by atoms with Gasteiger partial charge in [-0.15, -0.1) is 0 Å². The number of rotatable bonds is 2. The molecule has 0 radical (unpaired) electrons. The van der Waals surface area contributed by atoms with Crippen molar-refractivity contribution in [2.45, 2.75) is 19.4 Å². The summed E-state index contributed by atoms with van der Waals surface area (Å²) < 4.78 is 0. The minimum Gasteiger partial charge on any atom is -0.393 e. The summed E-state index contributed by atoms with van der Waals surface area (Å²) in [5.74, 6) is 0.205. The fraction of sp³-hybridized carbons (Fsp3) is 0.462. The molecule has 17 heavy (non-hydrogen) atoms. The number of para-hydroxylation sites is 1. The fourth-order valence-electron chi connectivity index (χ4n) is 2.09. The Balaban J connectivity index is 1.90. The average Bonchev–Trinajstić information content (AvgIpc) is 2.79. The van der Waals surface area contributed by atoms with Gasteiger partial charge in [-0.05, 0) is 25.5 Å². The SMILES string of the molecule is CC(O)C1CCN(C(=O)Nc2ccccc2)C1. The number of aliphatic hydroxyl groups is 1. The number of carbonyl (C=O) groups is 1. The monoisotopic (exact) mass is 234 g/mol. The van der Waals surface area contributed by atoms with E-state index in [2.05, 4.69) is 5.32 Å². The molecular formula is C13H18N2O2. The average molecular weight is 234 g/mol. The highest BCUT2D eigenvalue weighted by molar-refractivity contribution is 5.89. The van der Waals surface area contributed by atoms with E-state index in [0.29, 0.717) is 13.1 Å². The van der Waals surface area contributed by atoms with Crippen LogP contribution < -0.4 is 5.32 Å². The molecular weight excluding hydrogens is 216 g/mol. The zero-order valence-electron chi connectivity index (χ0n) is 9.97. The van der Waals surface area contributed by atoms with Crippen molar-refractivity contribution in [3.8, 4) is 0 Å². The van der Waals surface area contributed by atoms with Crippen LogP contribution >= 0.6 is 0 Å². The number of nitrogens with zero attached hydrogens (tertiary/aromatic N) is 1. The van der Waals surface area contributed by atoms with Gasteiger partial charge >= 0.3 is 6.03 Å². The zero-order valence-corrected chi connectivity index (χ0v) is 9.97. The summed E-state index contributed by atoms with van der Waals surface area (Å²) in [5.41, 5.74) is 0.804. The summed E-state index contributed by atoms with van der Waals surface area (Å²) in [5, 5.41) is 12.3. The predicted octanol–water partition coefficient (Wildman–Crippen LogP) is 1.92. The van der Waals surface area contributed by atoms with Gasteiger partial charge in [0.1, 0.15) is 0 Å². The number of hydrogen-bond donors (Lipinski definition) is 2. The third kappa shape index (κ3) is 2.97. The first-order valence-corrected chi connectivity index (χ1v) is 5.96. The van der Waals surface area contributed by atoms with Gasteiger partial charge in [-0.2, -0.15) is 0 Å². The molecule has 0 aromatic heterocycles. The number of nitrogens with one attached hydrogen (secondary N) is 1. The van der Waals surface area contributed by atoms with Crippen molar-refractivity contribution < 1.29 is 9.90 Å². The number of likely N-dealkylation sites (tertiary alicyclic amines) is 1. The number of amides is 2. The molecule has 4 heteroatoms. The van der Waals surface area contributed by atoms with Crippen molar-refractivity contribution in [2.75, 3.05) is 18.4 Å². The van der Waals surface area contributed by atoms with Crippen LogP contribution in [0, 0.1) is 5.92 Å². The maximum Gasteiger partial charge on any atom is 0.321 e. The Kier molecular flexibility index (Phi) is 3.64. The van der Waals surface area contributed by atoms with E-state index in [1.54, 1.807) is 11.8 Å². The van der Waals surface area contributed by atoms with Gasteiger partial charge in [-0.1, -0.05) is 18.2 Å². The Morgan fingerprint density at radius 3 is 2.76 bits per heavy atom. The smallest absolute Gasteiger partial charge is 0.321 e. The Morgan fingerprint density at radius 1 is 1.47 bits per heavy atom. The van der Waals surface area contributed by atoms with Crippen LogP contribution in [0.5, 0.6) is 0 Å². The quantitative estimate of drug-likeness (QED) is 0.821. The summed E-state index contributed by atoms with van der Waals surface area (Å²) in [6, 6.07) is 9.32. The van der Waals surface area contributed by atoms with Crippen LogP contribution in [0.1, 0.15) is 13.3 Å². The highest BCUT2D eigenvalue weighted by Gasteiger charge is 2.28. The summed E-state index contributed by atoms with van der Waals surface area (Å²) in [4.78, 5) is 13.7. The highest BCUT2D eigenvalue weighted by Crippen LogP contribution is 2.20. The molecule has 1 heterocycles. The lowest BCUT2D eigenvalue weighted by Crippen LogP contribution is -2.34. The summed E-state index contributed by atoms with van der Waals surface area (Å²) in [6.45, 7) is 3.13. The molecule has 1 saturated heterocycles. The zero-order chi connectivity index (χ0) is 12.3. The molecule has 0 saturated carbocycles. The molecule has 2 N–H and O–H groups in total. The first-order chi connectivity index (χ1) is 8.16. The van der Waals surface area contributed by atoms with Gasteiger partial charge in [0, 0.05) is 24.7 Å². The van der Waals surface area contributed by atoms with Gasteiger partial charge < -0.3 is 15.3 Å². The lowest BCUT2D eigenvalue weighted by molar-refractivity contribution is 0.130. The number of anilines is 1. The van der Waals surface area contributed by atoms with Crippen LogP contribution in [-0.2, 0) is 0 Å². The lowest BCUT2D eigenvalue weighted by atomic mass is 10.0. The standard InChI is InChI=1S/C13H18N2O2/c1-10(16)11-7-8-15(9-11)13(17)14-12-5-3-2-4-6-12/h2-6,10-11,16H,7-9H2,1H3,(H,14,17). The second-order valence-corrected chi connectivity index (χ2v) is 4.53. The van der Waals surface area contributed by atoms with E-state index in [9.17, 15) is 9.90 Å². The normalized spacial score (nSPS) is 21.3. The van der Waals surface area contributed by atoms with E-state index in [1.165, 1.54) is 0 Å². The van der Waals surface area contributed by atoms with E-state index in [1.807, 2.05) is 30.3 Å². The molecule has 0 spiro atoms. The van der Waals surface area contributed by atoms with Gasteiger partial charge in [0.15, 0.2) is 0 Å². The highest BCUT2D eigenvalue weighted by atomic mass is 16.3. The van der Waals surface area contributed by atoms with Crippen molar-refractivity contribution in [1.82, 2.24) is 4.90 Å². The number of aliphatic hydroxyl groups excluding tert-OH is 1. The van der Waals surface area contributed by atoms with E-state index >= 15 is 0 Å². The Labute approximate surface area is 101 Å². The summed E-state index contributed by atoms with van der Waals surface area (Å²) in [6.07, 6.45) is 0.532. The molecule has 1 aliphatic heterocycles. The van der Waals surface area contributed by atoms with Gasteiger partial charge in [0.25, 0.3) is 0 Å². The number of urea groups is 1. The van der Waals surface area contributed by atoms with Crippen LogP contribution in [-0.4, -0.2) is 35.2 Å². The molecule has 4 nitrogen and oxygen atoms in total. The van der Waals surface area contributed by atoms with Gasteiger partial charge in [0.2, 0.25) is 0 Å². The van der Waals surface area contributed by atoms with Crippen molar-refractivity contribution in [1.29, 1.82) is 0 Å². The lowest BCUT2D eigenvalue weighted by Gasteiger charge is -2.18. The van der Waals surface area contributed by atoms with Gasteiger partial charge in [-0.25, -0.2) is 4.79 Å². The largest absolute Gasteiger partial charge is 0.393 e. The van der Waals surface area contributed by atoms with Gasteiger partial charge in [-0.3, -0.25) is 0 Å². The third-order valence-electron chi connectivity index (χ3n) is 3.22. The first-order valence-electron chi connectivity index (χ1n) is 5.96. The van der Waals surface area contributed by atoms with Crippen LogP contribution in [0.15, 0.2) is 30.3 Å². The molecule has 1 aromatic rings.